The minimum atomic E-state index is -0.813. The number of anilines is 1. The number of nitrogens with zero attached hydrogens (tertiary/aromatic N) is 1. The van der Waals surface area contributed by atoms with E-state index in [1.807, 2.05) is 6.92 Å². The Kier molecular flexibility index (Phi) is 8.14. The number of aromatic nitrogens is 1. The summed E-state index contributed by atoms with van der Waals surface area (Å²) < 4.78 is 1.32. The normalized spacial score (nSPS) is 10.4. The topological polar surface area (TPSA) is 118 Å². The van der Waals surface area contributed by atoms with Crippen LogP contribution in [-0.2, 0) is 16.1 Å². The number of carbonyl (C=O) groups is 3. The lowest BCUT2D eigenvalue weighted by Gasteiger charge is -2.09. The Bertz CT molecular complexity index is 919. The van der Waals surface area contributed by atoms with Crippen molar-refractivity contribution in [2.24, 2.45) is 0 Å². The second-order valence-electron chi connectivity index (χ2n) is 6.76. The van der Waals surface area contributed by atoms with Crippen molar-refractivity contribution < 1.29 is 19.5 Å². The number of nitrogens with one attached hydrogen (secondary N) is 2. The number of aliphatic carboxylic acids is 1. The second kappa shape index (κ2) is 10.8. The standard InChI is InChI=1S/C21H25N3O5/c1-15-10-12-24(19(26)13-15)14-18(25)23-17-8-6-16(7-9-17)21(29)22-11-4-2-3-5-20(27)28/h6-10,12-13H,2-5,11,14H2,1H3,(H,22,29)(H,23,25)(H,27,28). The third-order valence-corrected chi connectivity index (χ3v) is 4.25. The molecule has 0 saturated heterocycles. The summed E-state index contributed by atoms with van der Waals surface area (Å²) in [4.78, 5) is 46.5. The van der Waals surface area contributed by atoms with Crippen LogP contribution in [0.5, 0.6) is 0 Å². The smallest absolute Gasteiger partial charge is 0.303 e. The van der Waals surface area contributed by atoms with E-state index >= 15 is 0 Å². The minimum absolute atomic E-state index is 0.0940. The summed E-state index contributed by atoms with van der Waals surface area (Å²) in [7, 11) is 0. The van der Waals surface area contributed by atoms with Gasteiger partial charge in [-0.1, -0.05) is 6.42 Å². The first kappa shape index (κ1) is 21.9. The van der Waals surface area contributed by atoms with Crippen molar-refractivity contribution in [3.05, 3.63) is 64.1 Å². The third-order valence-electron chi connectivity index (χ3n) is 4.25. The van der Waals surface area contributed by atoms with Gasteiger partial charge in [0.05, 0.1) is 0 Å². The summed E-state index contributed by atoms with van der Waals surface area (Å²) in [5, 5.41) is 14.0. The molecule has 0 unspecified atom stereocenters. The number of hydrogen-bond donors (Lipinski definition) is 3. The summed E-state index contributed by atoms with van der Waals surface area (Å²) in [5.41, 5.74) is 1.58. The molecule has 8 heteroatoms. The fourth-order valence-corrected chi connectivity index (χ4v) is 2.68. The molecule has 0 radical (unpaired) electrons. The van der Waals surface area contributed by atoms with E-state index < -0.39 is 5.97 Å². The van der Waals surface area contributed by atoms with Gasteiger partial charge in [0.2, 0.25) is 5.91 Å². The van der Waals surface area contributed by atoms with Gasteiger partial charge < -0.3 is 20.3 Å². The number of amides is 2. The van der Waals surface area contributed by atoms with E-state index in [0.717, 1.165) is 12.0 Å². The van der Waals surface area contributed by atoms with E-state index in [-0.39, 0.29) is 30.3 Å². The maximum atomic E-state index is 12.1. The molecule has 2 aromatic rings. The van der Waals surface area contributed by atoms with E-state index in [1.54, 1.807) is 36.5 Å². The molecule has 0 spiro atoms. The van der Waals surface area contributed by atoms with Crippen molar-refractivity contribution in [3.8, 4) is 0 Å². The van der Waals surface area contributed by atoms with Crippen LogP contribution in [-0.4, -0.2) is 34.0 Å². The predicted molar refractivity (Wildman–Crippen MR) is 109 cm³/mol. The van der Waals surface area contributed by atoms with Gasteiger partial charge >= 0.3 is 5.97 Å². The van der Waals surface area contributed by atoms with E-state index in [2.05, 4.69) is 10.6 Å². The lowest BCUT2D eigenvalue weighted by molar-refractivity contribution is -0.137. The largest absolute Gasteiger partial charge is 0.481 e. The Balaban J connectivity index is 1.78. The van der Waals surface area contributed by atoms with Crippen molar-refractivity contribution in [2.45, 2.75) is 39.2 Å². The van der Waals surface area contributed by atoms with Gasteiger partial charge in [-0.15, -0.1) is 0 Å². The minimum Gasteiger partial charge on any atom is -0.481 e. The maximum Gasteiger partial charge on any atom is 0.303 e. The first-order valence-corrected chi connectivity index (χ1v) is 9.42. The molecule has 0 atom stereocenters. The van der Waals surface area contributed by atoms with E-state index in [9.17, 15) is 19.2 Å². The van der Waals surface area contributed by atoms with Crippen LogP contribution >= 0.6 is 0 Å². The fourth-order valence-electron chi connectivity index (χ4n) is 2.68. The van der Waals surface area contributed by atoms with E-state index in [4.69, 9.17) is 5.11 Å². The van der Waals surface area contributed by atoms with Crippen LogP contribution in [0, 0.1) is 6.92 Å². The van der Waals surface area contributed by atoms with Gasteiger partial charge in [-0.3, -0.25) is 19.2 Å². The van der Waals surface area contributed by atoms with Crippen molar-refractivity contribution in [3.63, 3.8) is 0 Å². The lowest BCUT2D eigenvalue weighted by atomic mass is 10.1. The van der Waals surface area contributed by atoms with Gasteiger partial charge in [-0.25, -0.2) is 0 Å². The van der Waals surface area contributed by atoms with E-state index in [1.165, 1.54) is 10.6 Å². The summed E-state index contributed by atoms with van der Waals surface area (Å²) in [5.74, 6) is -1.38. The highest BCUT2D eigenvalue weighted by Gasteiger charge is 2.08. The highest BCUT2D eigenvalue weighted by Crippen LogP contribution is 2.10. The number of pyridine rings is 1. The van der Waals surface area contributed by atoms with Crippen molar-refractivity contribution >= 4 is 23.5 Å². The molecule has 0 aliphatic carbocycles. The molecular formula is C21H25N3O5. The molecule has 0 fully saturated rings. The molecule has 1 aromatic heterocycles. The van der Waals surface area contributed by atoms with Crippen LogP contribution in [0.2, 0.25) is 0 Å². The SMILES string of the molecule is Cc1ccn(CC(=O)Nc2ccc(C(=O)NCCCCCC(=O)O)cc2)c(=O)c1. The maximum absolute atomic E-state index is 12.1. The van der Waals surface area contributed by atoms with Crippen LogP contribution < -0.4 is 16.2 Å². The second-order valence-corrected chi connectivity index (χ2v) is 6.76. The number of carboxylic acid groups (broad SMARTS) is 1. The molecular weight excluding hydrogens is 374 g/mol. The summed E-state index contributed by atoms with van der Waals surface area (Å²) in [6.45, 7) is 2.19. The number of carbonyl (C=O) groups excluding carboxylic acids is 2. The lowest BCUT2D eigenvalue weighted by Crippen LogP contribution is -2.27. The van der Waals surface area contributed by atoms with E-state index in [0.29, 0.717) is 30.6 Å². The van der Waals surface area contributed by atoms with Gasteiger partial charge in [-0.2, -0.15) is 0 Å². The Morgan fingerprint density at radius 2 is 1.76 bits per heavy atom. The number of benzene rings is 1. The molecule has 0 bridgehead atoms. The summed E-state index contributed by atoms with van der Waals surface area (Å²) in [6, 6.07) is 9.68. The van der Waals surface area contributed by atoms with Crippen molar-refractivity contribution in [1.29, 1.82) is 0 Å². The number of hydrogen-bond acceptors (Lipinski definition) is 4. The summed E-state index contributed by atoms with van der Waals surface area (Å²) in [6.07, 6.45) is 3.76. The van der Waals surface area contributed by atoms with Crippen LogP contribution in [0.25, 0.3) is 0 Å². The molecule has 1 aromatic carbocycles. The molecule has 0 saturated carbocycles. The third kappa shape index (κ3) is 7.61. The van der Waals surface area contributed by atoms with Crippen LogP contribution in [0.4, 0.5) is 5.69 Å². The van der Waals surface area contributed by atoms with Gasteiger partial charge in [0.1, 0.15) is 6.54 Å². The van der Waals surface area contributed by atoms with Crippen LogP contribution in [0.15, 0.2) is 47.4 Å². The van der Waals surface area contributed by atoms with Crippen molar-refractivity contribution in [2.75, 3.05) is 11.9 Å². The van der Waals surface area contributed by atoms with Gasteiger partial charge in [0.25, 0.3) is 11.5 Å². The molecule has 154 valence electrons. The summed E-state index contributed by atoms with van der Waals surface area (Å²) >= 11 is 0. The fraction of sp³-hybridized carbons (Fsp3) is 0.333. The molecule has 29 heavy (non-hydrogen) atoms. The Morgan fingerprint density at radius 1 is 1.03 bits per heavy atom. The van der Waals surface area contributed by atoms with Gasteiger partial charge in [-0.05, 0) is 55.7 Å². The predicted octanol–water partition coefficient (Wildman–Crippen LogP) is 2.17. The highest BCUT2D eigenvalue weighted by molar-refractivity contribution is 5.95. The van der Waals surface area contributed by atoms with Crippen molar-refractivity contribution in [1.82, 2.24) is 9.88 Å². The molecule has 0 aliphatic heterocycles. The highest BCUT2D eigenvalue weighted by atomic mass is 16.4. The number of aryl methyl sites for hydroxylation is 1. The number of carboxylic acids is 1. The monoisotopic (exact) mass is 399 g/mol. The Morgan fingerprint density at radius 3 is 2.41 bits per heavy atom. The zero-order valence-corrected chi connectivity index (χ0v) is 16.3. The number of unbranched alkanes of at least 4 members (excludes halogenated alkanes) is 2. The Hall–Kier alpha value is -3.42. The molecule has 1 heterocycles. The quantitative estimate of drug-likeness (QED) is 0.529. The molecule has 0 aliphatic rings. The molecule has 2 rings (SSSR count). The number of rotatable bonds is 10. The van der Waals surface area contributed by atoms with Gasteiger partial charge in [0, 0.05) is 36.5 Å². The zero-order chi connectivity index (χ0) is 21.2. The average molecular weight is 399 g/mol. The zero-order valence-electron chi connectivity index (χ0n) is 16.3. The first-order valence-electron chi connectivity index (χ1n) is 9.42. The van der Waals surface area contributed by atoms with Crippen LogP contribution in [0.1, 0.15) is 41.6 Å². The molecule has 3 N–H and O–H groups in total. The molecule has 2 amide bonds. The first-order chi connectivity index (χ1) is 13.8. The van der Waals surface area contributed by atoms with Crippen LogP contribution in [0.3, 0.4) is 0 Å². The van der Waals surface area contributed by atoms with Gasteiger partial charge in [0.15, 0.2) is 0 Å². The average Bonchev–Trinajstić information content (AvgIpc) is 2.67. The Labute approximate surface area is 168 Å². The molecule has 8 nitrogen and oxygen atoms in total.